The van der Waals surface area contributed by atoms with Crippen molar-refractivity contribution >= 4 is 11.8 Å². The quantitative estimate of drug-likeness (QED) is 0.788. The molecule has 0 amide bonds. The number of aromatic amines is 1. The molecular weight excluding hydrogens is 310 g/mol. The highest BCUT2D eigenvalue weighted by molar-refractivity contribution is 8.00. The third-order valence-corrected chi connectivity index (χ3v) is 7.78. The van der Waals surface area contributed by atoms with E-state index in [4.69, 9.17) is 4.74 Å². The highest BCUT2D eigenvalue weighted by Crippen LogP contribution is 2.56. The molecule has 0 aromatic carbocycles. The Balaban J connectivity index is 1.66. The first-order chi connectivity index (χ1) is 11.1. The van der Waals surface area contributed by atoms with Crippen molar-refractivity contribution in [2.24, 2.45) is 11.8 Å². The average molecular weight is 337 g/mol. The Bertz CT molecular complexity index is 536. The Kier molecular flexibility index (Phi) is 4.20. The Hall–Kier alpha value is -0.560. The van der Waals surface area contributed by atoms with Crippen LogP contribution in [-0.4, -0.2) is 51.5 Å². The summed E-state index contributed by atoms with van der Waals surface area (Å²) in [5, 5.41) is 22.6. The summed E-state index contributed by atoms with van der Waals surface area (Å²) in [6.45, 7) is 5.86. The van der Waals surface area contributed by atoms with Crippen molar-refractivity contribution in [3.05, 3.63) is 18.0 Å². The highest BCUT2D eigenvalue weighted by Gasteiger charge is 2.56. The number of thioether (sulfide) groups is 1. The van der Waals surface area contributed by atoms with Gasteiger partial charge in [0.25, 0.3) is 0 Å². The van der Waals surface area contributed by atoms with Crippen LogP contribution in [-0.2, 0) is 4.74 Å². The van der Waals surface area contributed by atoms with E-state index in [0.717, 1.165) is 32.4 Å². The molecule has 23 heavy (non-hydrogen) atoms. The Labute approximate surface area is 142 Å². The minimum Gasteiger partial charge on any atom is -0.389 e. The van der Waals surface area contributed by atoms with E-state index in [1.807, 2.05) is 31.1 Å². The lowest BCUT2D eigenvalue weighted by molar-refractivity contribution is -0.0503. The first-order valence-electron chi connectivity index (χ1n) is 8.83. The lowest BCUT2D eigenvalue weighted by Gasteiger charge is -2.47. The zero-order valence-corrected chi connectivity index (χ0v) is 14.7. The monoisotopic (exact) mass is 337 g/mol. The van der Waals surface area contributed by atoms with Crippen LogP contribution in [0.1, 0.15) is 43.9 Å². The molecule has 0 bridgehead atoms. The van der Waals surface area contributed by atoms with Crippen molar-refractivity contribution < 1.29 is 9.84 Å². The van der Waals surface area contributed by atoms with Gasteiger partial charge in [-0.25, -0.2) is 0 Å². The van der Waals surface area contributed by atoms with E-state index < -0.39 is 5.60 Å². The Morgan fingerprint density at radius 1 is 1.52 bits per heavy atom. The summed E-state index contributed by atoms with van der Waals surface area (Å²) in [7, 11) is 0. The van der Waals surface area contributed by atoms with E-state index in [1.165, 1.54) is 5.56 Å². The van der Waals surface area contributed by atoms with Crippen LogP contribution in [0.3, 0.4) is 0 Å². The molecule has 3 saturated heterocycles. The molecular formula is C17H27N3O2S. The number of rotatable bonds is 3. The maximum absolute atomic E-state index is 10.9. The fraction of sp³-hybridized carbons (Fsp3) is 0.824. The summed E-state index contributed by atoms with van der Waals surface area (Å²) >= 11 is 2.03. The number of hydrogen-bond donors (Lipinski definition) is 3. The lowest BCUT2D eigenvalue weighted by Crippen LogP contribution is -2.61. The van der Waals surface area contributed by atoms with Gasteiger partial charge < -0.3 is 15.2 Å². The number of aliphatic hydroxyl groups is 1. The van der Waals surface area contributed by atoms with Crippen molar-refractivity contribution in [2.75, 3.05) is 13.2 Å². The number of aromatic nitrogens is 2. The molecule has 1 aromatic heterocycles. The number of piperidine rings is 1. The molecule has 1 aromatic rings. The summed E-state index contributed by atoms with van der Waals surface area (Å²) in [4.78, 5) is 0. The number of nitrogens with zero attached hydrogens (tertiary/aromatic N) is 1. The summed E-state index contributed by atoms with van der Waals surface area (Å²) in [6.07, 6.45) is 7.20. The van der Waals surface area contributed by atoms with Crippen molar-refractivity contribution in [3.8, 4) is 0 Å². The zero-order valence-electron chi connectivity index (χ0n) is 13.9. The van der Waals surface area contributed by atoms with Crippen LogP contribution in [0.5, 0.6) is 0 Å². The van der Waals surface area contributed by atoms with Gasteiger partial charge in [0.05, 0.1) is 23.2 Å². The largest absolute Gasteiger partial charge is 0.389 e. The van der Waals surface area contributed by atoms with Gasteiger partial charge in [-0.1, -0.05) is 6.92 Å². The molecule has 4 heterocycles. The summed E-state index contributed by atoms with van der Waals surface area (Å²) in [5.41, 5.74) is 0.594. The molecule has 3 aliphatic rings. The predicted molar refractivity (Wildman–Crippen MR) is 91.4 cm³/mol. The maximum Gasteiger partial charge on any atom is 0.0778 e. The maximum atomic E-state index is 10.9. The smallest absolute Gasteiger partial charge is 0.0778 e. The average Bonchev–Trinajstić information content (AvgIpc) is 3.13. The molecule has 0 aliphatic carbocycles. The van der Waals surface area contributed by atoms with Gasteiger partial charge in [-0.05, 0) is 32.1 Å². The van der Waals surface area contributed by atoms with E-state index in [2.05, 4.69) is 22.4 Å². The molecule has 4 rings (SSSR count). The SMILES string of the molecule is CC[C@](C)(O)C1NCC2SC(c3cn[nH]c3)C3OCCCC1C23. The van der Waals surface area contributed by atoms with Crippen LogP contribution in [0.15, 0.2) is 12.4 Å². The van der Waals surface area contributed by atoms with Gasteiger partial charge in [0, 0.05) is 42.1 Å². The molecule has 7 atom stereocenters. The van der Waals surface area contributed by atoms with Gasteiger partial charge in [0.1, 0.15) is 0 Å². The first-order valence-corrected chi connectivity index (χ1v) is 9.77. The third-order valence-electron chi connectivity index (χ3n) is 6.12. The van der Waals surface area contributed by atoms with Gasteiger partial charge in [-0.15, -0.1) is 11.8 Å². The fourth-order valence-electron chi connectivity index (χ4n) is 4.77. The molecule has 128 valence electrons. The Morgan fingerprint density at radius 2 is 2.39 bits per heavy atom. The molecule has 5 nitrogen and oxygen atoms in total. The van der Waals surface area contributed by atoms with Gasteiger partial charge in [-0.2, -0.15) is 5.10 Å². The van der Waals surface area contributed by atoms with Crippen molar-refractivity contribution in [1.82, 2.24) is 15.5 Å². The molecule has 0 saturated carbocycles. The standard InChI is InChI=1S/C17H27N3O2S/c1-3-17(2,21)16-11-5-4-6-22-14-13(11)12(9-18-16)23-15(14)10-7-19-20-8-10/h7-8,11-16,18,21H,3-6,9H2,1-2H3,(H,19,20)/t11?,12?,13?,14?,15?,16?,17-/m0/s1. The molecule has 0 spiro atoms. The van der Waals surface area contributed by atoms with E-state index in [1.54, 1.807) is 0 Å². The topological polar surface area (TPSA) is 70.2 Å². The van der Waals surface area contributed by atoms with Gasteiger partial charge in [0.15, 0.2) is 0 Å². The van der Waals surface area contributed by atoms with Crippen molar-refractivity contribution in [3.63, 3.8) is 0 Å². The number of H-pyrrole nitrogens is 1. The number of ether oxygens (including phenoxy) is 1. The molecule has 3 N–H and O–H groups in total. The molecule has 3 aliphatic heterocycles. The molecule has 6 unspecified atom stereocenters. The normalized spacial score (nSPS) is 42.7. The van der Waals surface area contributed by atoms with E-state index >= 15 is 0 Å². The van der Waals surface area contributed by atoms with Crippen LogP contribution in [0.25, 0.3) is 0 Å². The number of hydrogen-bond acceptors (Lipinski definition) is 5. The number of nitrogens with one attached hydrogen (secondary N) is 2. The zero-order chi connectivity index (χ0) is 16.0. The highest BCUT2D eigenvalue weighted by atomic mass is 32.2. The minimum atomic E-state index is -0.650. The van der Waals surface area contributed by atoms with E-state index in [0.29, 0.717) is 22.3 Å². The molecule has 0 radical (unpaired) electrons. The van der Waals surface area contributed by atoms with Crippen LogP contribution < -0.4 is 5.32 Å². The second-order valence-electron chi connectivity index (χ2n) is 7.44. The summed E-state index contributed by atoms with van der Waals surface area (Å²) < 4.78 is 6.32. The summed E-state index contributed by atoms with van der Waals surface area (Å²) in [6, 6.07) is 0.168. The van der Waals surface area contributed by atoms with Gasteiger partial charge in [0.2, 0.25) is 0 Å². The minimum absolute atomic E-state index is 0.168. The second kappa shape index (κ2) is 6.06. The van der Waals surface area contributed by atoms with Gasteiger partial charge >= 0.3 is 0 Å². The van der Waals surface area contributed by atoms with Gasteiger partial charge in [-0.3, -0.25) is 5.10 Å². The third kappa shape index (κ3) is 2.64. The van der Waals surface area contributed by atoms with Crippen LogP contribution in [0.4, 0.5) is 0 Å². The molecule has 3 fully saturated rings. The van der Waals surface area contributed by atoms with Crippen LogP contribution in [0, 0.1) is 11.8 Å². The Morgan fingerprint density at radius 3 is 3.13 bits per heavy atom. The van der Waals surface area contributed by atoms with E-state index in [9.17, 15) is 5.11 Å². The van der Waals surface area contributed by atoms with Crippen LogP contribution in [0.2, 0.25) is 0 Å². The van der Waals surface area contributed by atoms with Crippen LogP contribution >= 0.6 is 11.8 Å². The van der Waals surface area contributed by atoms with Crippen molar-refractivity contribution in [1.29, 1.82) is 0 Å². The fourth-order valence-corrected chi connectivity index (χ4v) is 6.58. The van der Waals surface area contributed by atoms with E-state index in [-0.39, 0.29) is 12.1 Å². The summed E-state index contributed by atoms with van der Waals surface area (Å²) in [5.74, 6) is 1.01. The second-order valence-corrected chi connectivity index (χ2v) is 8.83. The first kappa shape index (κ1) is 15.9. The predicted octanol–water partition coefficient (Wildman–Crippen LogP) is 2.11. The van der Waals surface area contributed by atoms with Crippen molar-refractivity contribution in [2.45, 2.75) is 61.4 Å². The lowest BCUT2D eigenvalue weighted by atomic mass is 9.69. The molecule has 6 heteroatoms.